The highest BCUT2D eigenvalue weighted by atomic mass is 32.2. The highest BCUT2D eigenvalue weighted by Gasteiger charge is 2.14. The number of amides is 1. The number of methoxy groups -OCH3 is 1. The minimum Gasteiger partial charge on any atom is -0.497 e. The predicted octanol–water partition coefficient (Wildman–Crippen LogP) is 2.88. The number of carbonyl (C=O) groups is 1. The quantitative estimate of drug-likeness (QED) is 0.566. The molecule has 3 aromatic carbocycles. The number of hydrogen-bond donors (Lipinski definition) is 2. The maximum absolute atomic E-state index is 12.5. The standard InChI is InChI=1S/C22H24N2O4S/c1-28-20-9-6-17(7-10-20)12-14-23-22(25)13-15-24-29(26,27)21-11-8-18-4-2-3-5-19(18)16-21/h2-11,16,24H,12-15H2,1H3,(H,23,25). The fourth-order valence-corrected chi connectivity index (χ4v) is 4.01. The van der Waals surface area contributed by atoms with Gasteiger partial charge in [0.2, 0.25) is 15.9 Å². The molecule has 0 saturated carbocycles. The van der Waals surface area contributed by atoms with Crippen molar-refractivity contribution in [3.8, 4) is 5.75 Å². The molecule has 0 radical (unpaired) electrons. The summed E-state index contributed by atoms with van der Waals surface area (Å²) >= 11 is 0. The highest BCUT2D eigenvalue weighted by Crippen LogP contribution is 2.18. The van der Waals surface area contributed by atoms with Gasteiger partial charge in [-0.05, 0) is 47.0 Å². The fraction of sp³-hybridized carbons (Fsp3) is 0.227. The average Bonchev–Trinajstić information content (AvgIpc) is 2.73. The summed E-state index contributed by atoms with van der Waals surface area (Å²) in [5.74, 6) is 0.594. The molecule has 0 bridgehead atoms. The van der Waals surface area contributed by atoms with Gasteiger partial charge in [-0.25, -0.2) is 13.1 Å². The smallest absolute Gasteiger partial charge is 0.240 e. The zero-order valence-corrected chi connectivity index (χ0v) is 17.0. The fourth-order valence-electron chi connectivity index (χ4n) is 2.94. The van der Waals surface area contributed by atoms with Crippen LogP contribution in [-0.2, 0) is 21.2 Å². The third kappa shape index (κ3) is 5.79. The van der Waals surface area contributed by atoms with Gasteiger partial charge in [0.05, 0.1) is 12.0 Å². The molecule has 3 aromatic rings. The van der Waals surface area contributed by atoms with E-state index in [4.69, 9.17) is 4.74 Å². The lowest BCUT2D eigenvalue weighted by molar-refractivity contribution is -0.120. The average molecular weight is 413 g/mol. The first-order chi connectivity index (χ1) is 14.0. The second kappa shape index (κ2) is 9.54. The predicted molar refractivity (Wildman–Crippen MR) is 113 cm³/mol. The Balaban J connectivity index is 1.44. The molecule has 0 atom stereocenters. The maximum atomic E-state index is 12.5. The number of nitrogens with one attached hydrogen (secondary N) is 2. The maximum Gasteiger partial charge on any atom is 0.240 e. The first-order valence-corrected chi connectivity index (χ1v) is 10.8. The van der Waals surface area contributed by atoms with Crippen molar-refractivity contribution >= 4 is 26.7 Å². The van der Waals surface area contributed by atoms with Crippen molar-refractivity contribution in [2.75, 3.05) is 20.2 Å². The molecule has 0 aliphatic carbocycles. The Labute approximate surface area is 170 Å². The number of sulfonamides is 1. The van der Waals surface area contributed by atoms with Crippen molar-refractivity contribution in [3.05, 3.63) is 72.3 Å². The SMILES string of the molecule is COc1ccc(CCNC(=O)CCNS(=O)(=O)c2ccc3ccccc3c2)cc1. The van der Waals surface area contributed by atoms with Crippen LogP contribution in [0.4, 0.5) is 0 Å². The lowest BCUT2D eigenvalue weighted by Crippen LogP contribution is -2.31. The number of fused-ring (bicyclic) bond motifs is 1. The first kappa shape index (κ1) is 20.8. The van der Waals surface area contributed by atoms with E-state index < -0.39 is 10.0 Å². The summed E-state index contributed by atoms with van der Waals surface area (Å²) < 4.78 is 32.5. The van der Waals surface area contributed by atoms with Gasteiger partial charge in [-0.3, -0.25) is 4.79 Å². The van der Waals surface area contributed by atoms with Gasteiger partial charge in [-0.2, -0.15) is 0 Å². The summed E-state index contributed by atoms with van der Waals surface area (Å²) in [5, 5.41) is 4.63. The molecule has 0 aliphatic heterocycles. The van der Waals surface area contributed by atoms with Crippen molar-refractivity contribution in [2.24, 2.45) is 0 Å². The molecular weight excluding hydrogens is 388 g/mol. The van der Waals surface area contributed by atoms with Crippen LogP contribution in [0.25, 0.3) is 10.8 Å². The molecule has 0 aliphatic rings. The second-order valence-electron chi connectivity index (χ2n) is 6.60. The van der Waals surface area contributed by atoms with Crippen LogP contribution in [0.2, 0.25) is 0 Å². The van der Waals surface area contributed by atoms with E-state index >= 15 is 0 Å². The Morgan fingerprint density at radius 1 is 0.931 bits per heavy atom. The van der Waals surface area contributed by atoms with E-state index in [1.807, 2.05) is 48.5 Å². The monoisotopic (exact) mass is 412 g/mol. The summed E-state index contributed by atoms with van der Waals surface area (Å²) in [6.07, 6.45) is 0.772. The second-order valence-corrected chi connectivity index (χ2v) is 8.37. The highest BCUT2D eigenvalue weighted by molar-refractivity contribution is 7.89. The molecular formula is C22H24N2O4S. The molecule has 29 heavy (non-hydrogen) atoms. The third-order valence-corrected chi connectivity index (χ3v) is 6.03. The molecule has 2 N–H and O–H groups in total. The van der Waals surface area contributed by atoms with E-state index in [-0.39, 0.29) is 23.8 Å². The van der Waals surface area contributed by atoms with Gasteiger partial charge >= 0.3 is 0 Å². The minimum atomic E-state index is -3.66. The Hall–Kier alpha value is -2.90. The van der Waals surface area contributed by atoms with Crippen LogP contribution in [0.5, 0.6) is 5.75 Å². The van der Waals surface area contributed by atoms with Crippen molar-refractivity contribution in [2.45, 2.75) is 17.7 Å². The molecule has 7 heteroatoms. The van der Waals surface area contributed by atoms with Gasteiger partial charge in [-0.1, -0.05) is 42.5 Å². The third-order valence-electron chi connectivity index (χ3n) is 4.57. The van der Waals surface area contributed by atoms with Gasteiger partial charge < -0.3 is 10.1 Å². The number of ether oxygens (including phenoxy) is 1. The zero-order chi connectivity index (χ0) is 20.7. The van der Waals surface area contributed by atoms with Crippen LogP contribution >= 0.6 is 0 Å². The van der Waals surface area contributed by atoms with Crippen molar-refractivity contribution in [1.82, 2.24) is 10.0 Å². The van der Waals surface area contributed by atoms with E-state index in [1.54, 1.807) is 25.3 Å². The molecule has 0 unspecified atom stereocenters. The Morgan fingerprint density at radius 3 is 2.38 bits per heavy atom. The van der Waals surface area contributed by atoms with Crippen LogP contribution < -0.4 is 14.8 Å². The van der Waals surface area contributed by atoms with E-state index in [9.17, 15) is 13.2 Å². The number of rotatable bonds is 9. The van der Waals surface area contributed by atoms with Crippen LogP contribution in [0, 0.1) is 0 Å². The molecule has 0 heterocycles. The van der Waals surface area contributed by atoms with Crippen LogP contribution in [-0.4, -0.2) is 34.5 Å². The Kier molecular flexibility index (Phi) is 6.85. The van der Waals surface area contributed by atoms with Gasteiger partial charge in [0.25, 0.3) is 0 Å². The molecule has 0 spiro atoms. The topological polar surface area (TPSA) is 84.5 Å². The van der Waals surface area contributed by atoms with Gasteiger partial charge in [0, 0.05) is 19.5 Å². The molecule has 0 aromatic heterocycles. The number of hydrogen-bond acceptors (Lipinski definition) is 4. The number of benzene rings is 3. The minimum absolute atomic E-state index is 0.0452. The zero-order valence-electron chi connectivity index (χ0n) is 16.2. The van der Waals surface area contributed by atoms with E-state index in [0.29, 0.717) is 13.0 Å². The number of carbonyl (C=O) groups excluding carboxylic acids is 1. The van der Waals surface area contributed by atoms with Gasteiger partial charge in [-0.15, -0.1) is 0 Å². The van der Waals surface area contributed by atoms with E-state index in [0.717, 1.165) is 22.1 Å². The van der Waals surface area contributed by atoms with E-state index in [1.165, 1.54) is 0 Å². The Bertz CT molecular complexity index is 1080. The summed E-state index contributed by atoms with van der Waals surface area (Å²) in [6.45, 7) is 0.534. The molecule has 0 fully saturated rings. The van der Waals surface area contributed by atoms with Crippen molar-refractivity contribution < 1.29 is 17.9 Å². The summed E-state index contributed by atoms with van der Waals surface area (Å²) in [5.41, 5.74) is 1.09. The Morgan fingerprint density at radius 2 is 1.66 bits per heavy atom. The van der Waals surface area contributed by atoms with Crippen LogP contribution in [0.1, 0.15) is 12.0 Å². The molecule has 152 valence electrons. The van der Waals surface area contributed by atoms with Gasteiger partial charge in [0.1, 0.15) is 5.75 Å². The van der Waals surface area contributed by atoms with Gasteiger partial charge in [0.15, 0.2) is 0 Å². The summed E-state index contributed by atoms with van der Waals surface area (Å²) in [7, 11) is -2.04. The molecule has 6 nitrogen and oxygen atoms in total. The van der Waals surface area contributed by atoms with Crippen molar-refractivity contribution in [3.63, 3.8) is 0 Å². The first-order valence-electron chi connectivity index (χ1n) is 9.36. The van der Waals surface area contributed by atoms with E-state index in [2.05, 4.69) is 10.0 Å². The van der Waals surface area contributed by atoms with Crippen LogP contribution in [0.3, 0.4) is 0 Å². The largest absolute Gasteiger partial charge is 0.497 e. The molecule has 1 amide bonds. The lowest BCUT2D eigenvalue weighted by atomic mass is 10.1. The lowest BCUT2D eigenvalue weighted by Gasteiger charge is -2.09. The molecule has 3 rings (SSSR count). The normalized spacial score (nSPS) is 11.3. The summed E-state index contributed by atoms with van der Waals surface area (Å²) in [4.78, 5) is 12.2. The summed E-state index contributed by atoms with van der Waals surface area (Å²) in [6, 6.07) is 20.2. The van der Waals surface area contributed by atoms with Crippen molar-refractivity contribution in [1.29, 1.82) is 0 Å². The van der Waals surface area contributed by atoms with Crippen LogP contribution in [0.15, 0.2) is 71.6 Å². The molecule has 0 saturated heterocycles.